The highest BCUT2D eigenvalue weighted by Gasteiger charge is 2.26. The molecule has 1 unspecified atom stereocenters. The van der Waals surface area contributed by atoms with E-state index in [0.29, 0.717) is 37.0 Å². The molecule has 8 nitrogen and oxygen atoms in total. The summed E-state index contributed by atoms with van der Waals surface area (Å²) in [6.07, 6.45) is 4.88. The SMILES string of the molecule is NCCC(=O)NCC1CCCCN1C(=O)CCn1cnc2ccccc2c1=O. The molecule has 1 aliphatic heterocycles. The van der Waals surface area contributed by atoms with Crippen molar-refractivity contribution >= 4 is 22.7 Å². The Balaban J connectivity index is 1.62. The fourth-order valence-corrected chi connectivity index (χ4v) is 3.62. The second-order valence-corrected chi connectivity index (χ2v) is 7.09. The van der Waals surface area contributed by atoms with Crippen LogP contribution in [0.15, 0.2) is 35.4 Å². The van der Waals surface area contributed by atoms with Gasteiger partial charge in [0.25, 0.3) is 5.56 Å². The van der Waals surface area contributed by atoms with Crippen LogP contribution in [0.1, 0.15) is 32.1 Å². The number of nitrogens with two attached hydrogens (primary N) is 1. The second kappa shape index (κ2) is 9.45. The van der Waals surface area contributed by atoms with Gasteiger partial charge >= 0.3 is 0 Å². The molecule has 0 aliphatic carbocycles. The second-order valence-electron chi connectivity index (χ2n) is 7.09. The van der Waals surface area contributed by atoms with E-state index < -0.39 is 0 Å². The summed E-state index contributed by atoms with van der Waals surface area (Å²) in [5, 5.41) is 3.41. The van der Waals surface area contributed by atoms with E-state index in [-0.39, 0.29) is 36.4 Å². The van der Waals surface area contributed by atoms with Crippen LogP contribution in [0.25, 0.3) is 10.9 Å². The lowest BCUT2D eigenvalue weighted by Crippen LogP contribution is -2.49. The van der Waals surface area contributed by atoms with Crippen molar-refractivity contribution in [2.45, 2.75) is 44.7 Å². The van der Waals surface area contributed by atoms with Gasteiger partial charge in [0.05, 0.1) is 17.2 Å². The van der Waals surface area contributed by atoms with Crippen molar-refractivity contribution in [2.24, 2.45) is 5.73 Å². The van der Waals surface area contributed by atoms with Crippen LogP contribution < -0.4 is 16.6 Å². The number of carbonyl (C=O) groups is 2. The minimum absolute atomic E-state index is 0.00201. The lowest BCUT2D eigenvalue weighted by molar-refractivity contribution is -0.135. The highest BCUT2D eigenvalue weighted by atomic mass is 16.2. The molecule has 28 heavy (non-hydrogen) atoms. The third-order valence-corrected chi connectivity index (χ3v) is 5.15. The fraction of sp³-hybridized carbons (Fsp3) is 0.500. The maximum Gasteiger partial charge on any atom is 0.261 e. The molecule has 150 valence electrons. The molecule has 3 N–H and O–H groups in total. The number of amides is 2. The predicted octanol–water partition coefficient (Wildman–Crippen LogP) is 0.633. The van der Waals surface area contributed by atoms with Crippen LogP contribution in [-0.2, 0) is 16.1 Å². The Kier molecular flexibility index (Phi) is 6.76. The van der Waals surface area contributed by atoms with Crippen molar-refractivity contribution in [1.29, 1.82) is 0 Å². The fourth-order valence-electron chi connectivity index (χ4n) is 3.62. The molecule has 2 amide bonds. The van der Waals surface area contributed by atoms with E-state index in [0.717, 1.165) is 19.3 Å². The number of aryl methyl sites for hydroxylation is 1. The first kappa shape index (κ1) is 20.0. The average molecular weight is 385 g/mol. The first-order valence-corrected chi connectivity index (χ1v) is 9.80. The predicted molar refractivity (Wildman–Crippen MR) is 107 cm³/mol. The van der Waals surface area contributed by atoms with Crippen molar-refractivity contribution in [1.82, 2.24) is 19.8 Å². The number of para-hydroxylation sites is 1. The van der Waals surface area contributed by atoms with Crippen molar-refractivity contribution in [2.75, 3.05) is 19.6 Å². The Hall–Kier alpha value is -2.74. The van der Waals surface area contributed by atoms with Gasteiger partial charge < -0.3 is 16.0 Å². The number of benzene rings is 1. The molecule has 2 heterocycles. The molecule has 1 aromatic heterocycles. The lowest BCUT2D eigenvalue weighted by atomic mass is 10.0. The van der Waals surface area contributed by atoms with E-state index in [9.17, 15) is 14.4 Å². The number of piperidine rings is 1. The van der Waals surface area contributed by atoms with Crippen LogP contribution in [0.5, 0.6) is 0 Å². The molecule has 1 aliphatic rings. The van der Waals surface area contributed by atoms with E-state index in [1.165, 1.54) is 10.9 Å². The molecule has 0 saturated carbocycles. The molecule has 0 radical (unpaired) electrons. The summed E-state index contributed by atoms with van der Waals surface area (Å²) in [6, 6.07) is 7.18. The first-order valence-electron chi connectivity index (χ1n) is 9.80. The Morgan fingerprint density at radius 1 is 1.21 bits per heavy atom. The Labute approximate surface area is 163 Å². The molecule has 1 fully saturated rings. The zero-order valence-corrected chi connectivity index (χ0v) is 16.0. The van der Waals surface area contributed by atoms with Gasteiger partial charge in [-0.3, -0.25) is 19.0 Å². The van der Waals surface area contributed by atoms with Crippen LogP contribution in [0.4, 0.5) is 0 Å². The number of aromatic nitrogens is 2. The molecule has 3 rings (SSSR count). The lowest BCUT2D eigenvalue weighted by Gasteiger charge is -2.36. The Bertz CT molecular complexity index is 895. The maximum absolute atomic E-state index is 12.8. The summed E-state index contributed by atoms with van der Waals surface area (Å²) in [5.74, 6) is -0.0907. The van der Waals surface area contributed by atoms with Gasteiger partial charge in [-0.2, -0.15) is 0 Å². The molecular weight excluding hydrogens is 358 g/mol. The summed E-state index contributed by atoms with van der Waals surface area (Å²) in [5.41, 5.74) is 5.91. The summed E-state index contributed by atoms with van der Waals surface area (Å²) in [6.45, 7) is 1.73. The van der Waals surface area contributed by atoms with Gasteiger partial charge in [0.1, 0.15) is 0 Å². The largest absolute Gasteiger partial charge is 0.354 e. The van der Waals surface area contributed by atoms with Crippen LogP contribution in [0, 0.1) is 0 Å². The molecule has 0 bridgehead atoms. The number of rotatable bonds is 7. The number of likely N-dealkylation sites (tertiary alicyclic amines) is 1. The van der Waals surface area contributed by atoms with Crippen molar-refractivity contribution in [3.63, 3.8) is 0 Å². The van der Waals surface area contributed by atoms with Gasteiger partial charge in [-0.1, -0.05) is 12.1 Å². The number of hydrogen-bond donors (Lipinski definition) is 2. The van der Waals surface area contributed by atoms with E-state index in [2.05, 4.69) is 10.3 Å². The molecule has 0 spiro atoms. The highest BCUT2D eigenvalue weighted by molar-refractivity contribution is 5.78. The van der Waals surface area contributed by atoms with E-state index in [4.69, 9.17) is 5.73 Å². The molecular formula is C20H27N5O3. The minimum Gasteiger partial charge on any atom is -0.354 e. The summed E-state index contributed by atoms with van der Waals surface area (Å²) < 4.78 is 1.49. The summed E-state index contributed by atoms with van der Waals surface area (Å²) >= 11 is 0. The minimum atomic E-state index is -0.136. The quantitative estimate of drug-likeness (QED) is 0.726. The third kappa shape index (κ3) is 4.75. The normalized spacial score (nSPS) is 16.9. The monoisotopic (exact) mass is 385 g/mol. The Morgan fingerprint density at radius 2 is 2.04 bits per heavy atom. The first-order chi connectivity index (χ1) is 13.6. The van der Waals surface area contributed by atoms with Crippen LogP contribution in [0.2, 0.25) is 0 Å². The van der Waals surface area contributed by atoms with Crippen LogP contribution >= 0.6 is 0 Å². The molecule has 1 atom stereocenters. The zero-order chi connectivity index (χ0) is 19.9. The third-order valence-electron chi connectivity index (χ3n) is 5.15. The number of hydrogen-bond acceptors (Lipinski definition) is 5. The standard InChI is InChI=1S/C20H27N5O3/c21-10-8-18(26)22-13-15-5-3-4-11-25(15)19(27)9-12-24-14-23-17-7-2-1-6-16(17)20(24)28/h1-2,6-7,14-15H,3-5,8-13,21H2,(H,22,26). The topological polar surface area (TPSA) is 110 Å². The van der Waals surface area contributed by atoms with E-state index in [1.54, 1.807) is 18.2 Å². The highest BCUT2D eigenvalue weighted by Crippen LogP contribution is 2.18. The van der Waals surface area contributed by atoms with E-state index >= 15 is 0 Å². The zero-order valence-electron chi connectivity index (χ0n) is 16.0. The molecule has 1 aromatic carbocycles. The Morgan fingerprint density at radius 3 is 2.86 bits per heavy atom. The summed E-state index contributed by atoms with van der Waals surface area (Å²) in [7, 11) is 0. The number of carbonyl (C=O) groups excluding carboxylic acids is 2. The smallest absolute Gasteiger partial charge is 0.261 e. The summed E-state index contributed by atoms with van der Waals surface area (Å²) in [4.78, 5) is 43.2. The van der Waals surface area contributed by atoms with Gasteiger partial charge in [0.15, 0.2) is 0 Å². The number of nitrogens with zero attached hydrogens (tertiary/aromatic N) is 3. The number of fused-ring (bicyclic) bond motifs is 1. The molecule has 2 aromatic rings. The van der Waals surface area contributed by atoms with Crippen molar-refractivity contribution in [3.05, 3.63) is 40.9 Å². The van der Waals surface area contributed by atoms with Gasteiger partial charge in [0, 0.05) is 45.1 Å². The average Bonchev–Trinajstić information content (AvgIpc) is 2.72. The van der Waals surface area contributed by atoms with Crippen molar-refractivity contribution in [3.8, 4) is 0 Å². The van der Waals surface area contributed by atoms with Gasteiger partial charge in [0.2, 0.25) is 11.8 Å². The molecule has 8 heteroatoms. The van der Waals surface area contributed by atoms with Gasteiger partial charge in [-0.15, -0.1) is 0 Å². The maximum atomic E-state index is 12.8. The van der Waals surface area contributed by atoms with E-state index in [1.807, 2.05) is 11.0 Å². The van der Waals surface area contributed by atoms with Gasteiger partial charge in [-0.25, -0.2) is 4.98 Å². The van der Waals surface area contributed by atoms with Crippen LogP contribution in [0.3, 0.4) is 0 Å². The van der Waals surface area contributed by atoms with Crippen molar-refractivity contribution < 1.29 is 9.59 Å². The molecule has 1 saturated heterocycles. The van der Waals surface area contributed by atoms with Gasteiger partial charge in [-0.05, 0) is 31.4 Å². The number of nitrogens with one attached hydrogen (secondary N) is 1. The van der Waals surface area contributed by atoms with Crippen LogP contribution in [-0.4, -0.2) is 51.9 Å².